The summed E-state index contributed by atoms with van der Waals surface area (Å²) in [5, 5.41) is 12.9. The minimum absolute atomic E-state index is 0.160. The molecule has 2 aromatic carbocycles. The number of nitrogens with one attached hydrogen (secondary N) is 1. The van der Waals surface area contributed by atoms with E-state index in [9.17, 15) is 5.11 Å². The highest BCUT2D eigenvalue weighted by Crippen LogP contribution is 2.32. The van der Waals surface area contributed by atoms with Gasteiger partial charge < -0.3 is 19.9 Å². The van der Waals surface area contributed by atoms with E-state index in [0.717, 1.165) is 29.2 Å². The molecule has 4 nitrogen and oxygen atoms in total. The number of fused-ring (bicyclic) bond motifs is 1. The first-order valence-electron chi connectivity index (χ1n) is 6.63. The number of phenolic OH excluding ortho intramolecular Hbond substituents is 1. The Morgan fingerprint density at radius 2 is 2.00 bits per heavy atom. The smallest absolute Gasteiger partial charge is 0.231 e. The molecule has 0 aromatic heterocycles. The summed E-state index contributed by atoms with van der Waals surface area (Å²) in [6, 6.07) is 13.4. The Kier molecular flexibility index (Phi) is 3.48. The minimum atomic E-state index is 0.160. The number of benzene rings is 2. The molecule has 0 spiro atoms. The molecule has 20 heavy (non-hydrogen) atoms. The second kappa shape index (κ2) is 5.43. The summed E-state index contributed by atoms with van der Waals surface area (Å²) in [5.41, 5.74) is 2.20. The number of phenols is 1. The van der Waals surface area contributed by atoms with Crippen LogP contribution in [0.25, 0.3) is 0 Å². The summed E-state index contributed by atoms with van der Waals surface area (Å²) in [6.07, 6.45) is 0. The Balaban J connectivity index is 1.64. The summed E-state index contributed by atoms with van der Waals surface area (Å²) in [5.74, 6) is 1.89. The van der Waals surface area contributed by atoms with Crippen LogP contribution in [0.15, 0.2) is 42.5 Å². The molecule has 0 saturated heterocycles. The molecule has 1 aliphatic heterocycles. The number of rotatable bonds is 4. The van der Waals surface area contributed by atoms with Crippen molar-refractivity contribution in [3.05, 3.63) is 53.6 Å². The molecule has 1 atom stereocenters. The first kappa shape index (κ1) is 12.8. The van der Waals surface area contributed by atoms with Gasteiger partial charge in [0.15, 0.2) is 11.5 Å². The second-order valence-electron chi connectivity index (χ2n) is 4.89. The van der Waals surface area contributed by atoms with Crippen molar-refractivity contribution in [2.45, 2.75) is 19.5 Å². The normalized spacial score (nSPS) is 14.2. The molecule has 3 rings (SSSR count). The molecule has 0 saturated carbocycles. The Morgan fingerprint density at radius 1 is 1.15 bits per heavy atom. The zero-order valence-electron chi connectivity index (χ0n) is 11.3. The molecule has 4 heteroatoms. The van der Waals surface area contributed by atoms with Crippen molar-refractivity contribution >= 4 is 0 Å². The van der Waals surface area contributed by atoms with Crippen LogP contribution in [0.4, 0.5) is 0 Å². The average molecular weight is 271 g/mol. The first-order valence-corrected chi connectivity index (χ1v) is 6.63. The van der Waals surface area contributed by atoms with Crippen LogP contribution in [0.2, 0.25) is 0 Å². The van der Waals surface area contributed by atoms with Gasteiger partial charge in [0.05, 0.1) is 0 Å². The maximum atomic E-state index is 9.49. The topological polar surface area (TPSA) is 50.7 Å². The van der Waals surface area contributed by atoms with Gasteiger partial charge in [-0.2, -0.15) is 0 Å². The van der Waals surface area contributed by atoms with Crippen molar-refractivity contribution in [1.29, 1.82) is 0 Å². The molecule has 0 aliphatic carbocycles. The van der Waals surface area contributed by atoms with Crippen molar-refractivity contribution in [1.82, 2.24) is 5.32 Å². The lowest BCUT2D eigenvalue weighted by molar-refractivity contribution is 0.174. The molecule has 2 aromatic rings. The Labute approximate surface area is 118 Å². The van der Waals surface area contributed by atoms with Gasteiger partial charge in [-0.1, -0.05) is 18.2 Å². The van der Waals surface area contributed by atoms with E-state index in [2.05, 4.69) is 12.2 Å². The van der Waals surface area contributed by atoms with Crippen LogP contribution in [-0.2, 0) is 6.54 Å². The van der Waals surface area contributed by atoms with Crippen LogP contribution < -0.4 is 14.8 Å². The van der Waals surface area contributed by atoms with Gasteiger partial charge in [0.25, 0.3) is 0 Å². The molecule has 0 radical (unpaired) electrons. The van der Waals surface area contributed by atoms with Crippen LogP contribution in [0, 0.1) is 0 Å². The minimum Gasteiger partial charge on any atom is -0.508 e. The summed E-state index contributed by atoms with van der Waals surface area (Å²) < 4.78 is 10.7. The second-order valence-corrected chi connectivity index (χ2v) is 4.89. The van der Waals surface area contributed by atoms with E-state index in [1.54, 1.807) is 12.1 Å². The summed E-state index contributed by atoms with van der Waals surface area (Å²) in [4.78, 5) is 0. The Morgan fingerprint density at radius 3 is 2.85 bits per heavy atom. The summed E-state index contributed by atoms with van der Waals surface area (Å²) in [6.45, 7) is 3.10. The Bertz CT molecular complexity index is 612. The van der Waals surface area contributed by atoms with Crippen LogP contribution in [0.3, 0.4) is 0 Å². The number of hydrogen-bond donors (Lipinski definition) is 2. The zero-order chi connectivity index (χ0) is 13.9. The van der Waals surface area contributed by atoms with Gasteiger partial charge >= 0.3 is 0 Å². The van der Waals surface area contributed by atoms with E-state index in [4.69, 9.17) is 9.47 Å². The summed E-state index contributed by atoms with van der Waals surface area (Å²) in [7, 11) is 0. The van der Waals surface area contributed by atoms with Gasteiger partial charge in [0.1, 0.15) is 5.75 Å². The maximum absolute atomic E-state index is 9.49. The quantitative estimate of drug-likeness (QED) is 0.897. The SMILES string of the molecule is CC(NCc1ccc2c(c1)OCO2)c1cccc(O)c1. The van der Waals surface area contributed by atoms with Gasteiger partial charge in [-0.05, 0) is 42.3 Å². The van der Waals surface area contributed by atoms with Crippen LogP contribution in [-0.4, -0.2) is 11.9 Å². The predicted molar refractivity (Wildman–Crippen MR) is 75.9 cm³/mol. The van der Waals surface area contributed by atoms with Crippen molar-refractivity contribution in [2.24, 2.45) is 0 Å². The highest BCUT2D eigenvalue weighted by Gasteiger charge is 2.13. The molecular weight excluding hydrogens is 254 g/mol. The van der Waals surface area contributed by atoms with Crippen molar-refractivity contribution in [2.75, 3.05) is 6.79 Å². The van der Waals surface area contributed by atoms with Crippen molar-refractivity contribution in [3.8, 4) is 17.2 Å². The van der Waals surface area contributed by atoms with Crippen LogP contribution in [0.1, 0.15) is 24.1 Å². The Hall–Kier alpha value is -2.20. The molecular formula is C16H17NO3. The van der Waals surface area contributed by atoms with Crippen LogP contribution in [0.5, 0.6) is 17.2 Å². The molecule has 0 amide bonds. The maximum Gasteiger partial charge on any atom is 0.231 e. The third kappa shape index (κ3) is 2.70. The van der Waals surface area contributed by atoms with Gasteiger partial charge in [0, 0.05) is 12.6 Å². The highest BCUT2D eigenvalue weighted by atomic mass is 16.7. The monoisotopic (exact) mass is 271 g/mol. The number of hydrogen-bond acceptors (Lipinski definition) is 4. The van der Waals surface area contributed by atoms with E-state index < -0.39 is 0 Å². The average Bonchev–Trinajstić information content (AvgIpc) is 2.92. The van der Waals surface area contributed by atoms with Crippen LogP contribution >= 0.6 is 0 Å². The third-order valence-electron chi connectivity index (χ3n) is 3.42. The van der Waals surface area contributed by atoms with Crippen molar-refractivity contribution < 1.29 is 14.6 Å². The molecule has 1 unspecified atom stereocenters. The lowest BCUT2D eigenvalue weighted by atomic mass is 10.1. The molecule has 0 fully saturated rings. The first-order chi connectivity index (χ1) is 9.72. The van der Waals surface area contributed by atoms with E-state index in [-0.39, 0.29) is 6.04 Å². The highest BCUT2D eigenvalue weighted by molar-refractivity contribution is 5.44. The van der Waals surface area contributed by atoms with Gasteiger partial charge in [-0.25, -0.2) is 0 Å². The zero-order valence-corrected chi connectivity index (χ0v) is 11.3. The third-order valence-corrected chi connectivity index (χ3v) is 3.42. The van der Waals surface area contributed by atoms with Crippen molar-refractivity contribution in [3.63, 3.8) is 0 Å². The number of aromatic hydroxyl groups is 1. The van der Waals surface area contributed by atoms with E-state index in [1.165, 1.54) is 0 Å². The van der Waals surface area contributed by atoms with Gasteiger partial charge in [-0.15, -0.1) is 0 Å². The lowest BCUT2D eigenvalue weighted by Crippen LogP contribution is -2.17. The molecule has 104 valence electrons. The standard InChI is InChI=1S/C16H17NO3/c1-11(13-3-2-4-14(18)8-13)17-9-12-5-6-15-16(7-12)20-10-19-15/h2-8,11,17-18H,9-10H2,1H3. The summed E-state index contributed by atoms with van der Waals surface area (Å²) >= 11 is 0. The number of ether oxygens (including phenoxy) is 2. The molecule has 1 heterocycles. The fraction of sp³-hybridized carbons (Fsp3) is 0.250. The molecule has 0 bridgehead atoms. The van der Waals surface area contributed by atoms with Gasteiger partial charge in [0.2, 0.25) is 6.79 Å². The largest absolute Gasteiger partial charge is 0.508 e. The van der Waals surface area contributed by atoms with Gasteiger partial charge in [-0.3, -0.25) is 0 Å². The molecule has 1 aliphatic rings. The molecule has 2 N–H and O–H groups in total. The lowest BCUT2D eigenvalue weighted by Gasteiger charge is -2.14. The fourth-order valence-electron chi connectivity index (χ4n) is 2.23. The predicted octanol–water partition coefficient (Wildman–Crippen LogP) is 2.97. The fourth-order valence-corrected chi connectivity index (χ4v) is 2.23. The van der Waals surface area contributed by atoms with E-state index in [0.29, 0.717) is 12.5 Å². The van der Waals surface area contributed by atoms with E-state index >= 15 is 0 Å². The van der Waals surface area contributed by atoms with E-state index in [1.807, 2.05) is 30.3 Å².